The highest BCUT2D eigenvalue weighted by molar-refractivity contribution is 7.88. The summed E-state index contributed by atoms with van der Waals surface area (Å²) in [5, 5.41) is 12.5. The van der Waals surface area contributed by atoms with Crippen molar-refractivity contribution in [2.24, 2.45) is 5.92 Å². The molecule has 5 nitrogen and oxygen atoms in total. The molecule has 0 amide bonds. The van der Waals surface area contributed by atoms with Crippen molar-refractivity contribution in [1.82, 2.24) is 4.31 Å². The normalized spacial score (nSPS) is 20.0. The van der Waals surface area contributed by atoms with Gasteiger partial charge in [0.15, 0.2) is 0 Å². The lowest BCUT2D eigenvalue weighted by Gasteiger charge is -2.31. The molecule has 21 heavy (non-hydrogen) atoms. The Kier molecular flexibility index (Phi) is 5.09. The number of piperidine rings is 1. The van der Waals surface area contributed by atoms with Gasteiger partial charge in [-0.05, 0) is 37.0 Å². The SMILES string of the molecule is CS(=O)(=O)N1CCCC(CNc2ccc(C#N)cc2Cl)C1. The van der Waals surface area contributed by atoms with E-state index in [2.05, 4.69) is 5.32 Å². The highest BCUT2D eigenvalue weighted by Crippen LogP contribution is 2.24. The molecule has 1 N–H and O–H groups in total. The van der Waals surface area contributed by atoms with Crippen LogP contribution in [0.3, 0.4) is 0 Å². The molecular weight excluding hydrogens is 310 g/mol. The third kappa shape index (κ3) is 4.34. The summed E-state index contributed by atoms with van der Waals surface area (Å²) in [5.74, 6) is 0.264. The van der Waals surface area contributed by atoms with Crippen molar-refractivity contribution in [1.29, 1.82) is 5.26 Å². The van der Waals surface area contributed by atoms with Crippen molar-refractivity contribution >= 4 is 27.3 Å². The Hall–Kier alpha value is -1.29. The molecule has 1 aromatic carbocycles. The van der Waals surface area contributed by atoms with Crippen molar-refractivity contribution in [3.63, 3.8) is 0 Å². The number of nitriles is 1. The lowest BCUT2D eigenvalue weighted by atomic mass is 9.99. The molecule has 1 aromatic rings. The van der Waals surface area contributed by atoms with E-state index in [0.29, 0.717) is 30.2 Å². The standard InChI is InChI=1S/C14H18ClN3O2S/c1-21(19,20)18-6-2-3-12(10-18)9-17-14-5-4-11(8-16)7-13(14)15/h4-5,7,12,17H,2-3,6,9-10H2,1H3. The van der Waals surface area contributed by atoms with Crippen LogP contribution in [0.15, 0.2) is 18.2 Å². The second-order valence-electron chi connectivity index (χ2n) is 5.32. The van der Waals surface area contributed by atoms with Crippen LogP contribution in [0, 0.1) is 17.2 Å². The highest BCUT2D eigenvalue weighted by Gasteiger charge is 2.25. The van der Waals surface area contributed by atoms with Crippen molar-refractivity contribution in [3.8, 4) is 6.07 Å². The van der Waals surface area contributed by atoms with Crippen molar-refractivity contribution < 1.29 is 8.42 Å². The Bertz CT molecular complexity index is 655. The van der Waals surface area contributed by atoms with Gasteiger partial charge in [-0.15, -0.1) is 0 Å². The molecule has 1 unspecified atom stereocenters. The monoisotopic (exact) mass is 327 g/mol. The number of nitrogens with zero attached hydrogens (tertiary/aromatic N) is 2. The minimum Gasteiger partial charge on any atom is -0.384 e. The van der Waals surface area contributed by atoms with Gasteiger partial charge in [0.05, 0.1) is 28.6 Å². The van der Waals surface area contributed by atoms with E-state index in [9.17, 15) is 8.42 Å². The second-order valence-corrected chi connectivity index (χ2v) is 7.71. The molecular formula is C14H18ClN3O2S. The largest absolute Gasteiger partial charge is 0.384 e. The van der Waals surface area contributed by atoms with Gasteiger partial charge in [0.1, 0.15) is 0 Å². The zero-order valence-electron chi connectivity index (χ0n) is 11.8. The smallest absolute Gasteiger partial charge is 0.211 e. The second kappa shape index (κ2) is 6.65. The molecule has 0 aliphatic carbocycles. The van der Waals surface area contributed by atoms with E-state index < -0.39 is 10.0 Å². The quantitative estimate of drug-likeness (QED) is 0.921. The molecule has 2 rings (SSSR count). The number of sulfonamides is 1. The third-order valence-electron chi connectivity index (χ3n) is 3.63. The summed E-state index contributed by atoms with van der Waals surface area (Å²) in [4.78, 5) is 0. The Balaban J connectivity index is 1.96. The predicted molar refractivity (Wildman–Crippen MR) is 83.8 cm³/mol. The first kappa shape index (κ1) is 16.1. The fraction of sp³-hybridized carbons (Fsp3) is 0.500. The lowest BCUT2D eigenvalue weighted by Crippen LogP contribution is -2.41. The lowest BCUT2D eigenvalue weighted by molar-refractivity contribution is 0.277. The molecule has 0 saturated carbocycles. The van der Waals surface area contributed by atoms with E-state index in [-0.39, 0.29) is 5.92 Å². The predicted octanol–water partition coefficient (Wildman–Crippen LogP) is 2.30. The summed E-state index contributed by atoms with van der Waals surface area (Å²) in [6, 6.07) is 7.14. The van der Waals surface area contributed by atoms with E-state index in [1.807, 2.05) is 6.07 Å². The van der Waals surface area contributed by atoms with Crippen LogP contribution in [-0.4, -0.2) is 38.6 Å². The maximum Gasteiger partial charge on any atom is 0.211 e. The van der Waals surface area contributed by atoms with Crippen molar-refractivity contribution in [2.45, 2.75) is 12.8 Å². The number of hydrogen-bond acceptors (Lipinski definition) is 4. The number of halogens is 1. The van der Waals surface area contributed by atoms with Crippen LogP contribution in [0.4, 0.5) is 5.69 Å². The molecule has 0 aromatic heterocycles. The number of anilines is 1. The molecule has 1 saturated heterocycles. The van der Waals surface area contributed by atoms with Gasteiger partial charge in [-0.1, -0.05) is 11.6 Å². The Labute approximate surface area is 130 Å². The first-order valence-electron chi connectivity index (χ1n) is 6.79. The number of benzene rings is 1. The van der Waals surface area contributed by atoms with Gasteiger partial charge in [0.2, 0.25) is 10.0 Å². The molecule has 0 spiro atoms. The van der Waals surface area contributed by atoms with Crippen LogP contribution in [0.5, 0.6) is 0 Å². The minimum atomic E-state index is -3.12. The number of rotatable bonds is 4. The average molecular weight is 328 g/mol. The van der Waals surface area contributed by atoms with Crippen molar-refractivity contribution in [3.05, 3.63) is 28.8 Å². The number of nitrogens with one attached hydrogen (secondary N) is 1. The first-order chi connectivity index (χ1) is 9.90. The summed E-state index contributed by atoms with van der Waals surface area (Å²) in [6.45, 7) is 1.81. The summed E-state index contributed by atoms with van der Waals surface area (Å²) in [5.41, 5.74) is 1.29. The van der Waals surface area contributed by atoms with Crippen LogP contribution < -0.4 is 5.32 Å². The number of hydrogen-bond donors (Lipinski definition) is 1. The maximum absolute atomic E-state index is 11.6. The Morgan fingerprint density at radius 1 is 1.52 bits per heavy atom. The van der Waals surface area contributed by atoms with Gasteiger partial charge < -0.3 is 5.32 Å². The van der Waals surface area contributed by atoms with Gasteiger partial charge >= 0.3 is 0 Å². The van der Waals surface area contributed by atoms with E-state index in [1.165, 1.54) is 10.6 Å². The zero-order chi connectivity index (χ0) is 15.5. The molecule has 1 aliphatic rings. The van der Waals surface area contributed by atoms with Crippen LogP contribution >= 0.6 is 11.6 Å². The summed E-state index contributed by atoms with van der Waals surface area (Å²) in [6.07, 6.45) is 3.12. The molecule has 0 bridgehead atoms. The molecule has 1 aliphatic heterocycles. The maximum atomic E-state index is 11.6. The van der Waals surface area contributed by atoms with Crippen LogP contribution in [0.2, 0.25) is 5.02 Å². The molecule has 1 heterocycles. The van der Waals surface area contributed by atoms with Crippen LogP contribution in [-0.2, 0) is 10.0 Å². The summed E-state index contributed by atoms with van der Waals surface area (Å²) < 4.78 is 24.7. The van der Waals surface area contributed by atoms with Crippen molar-refractivity contribution in [2.75, 3.05) is 31.2 Å². The average Bonchev–Trinajstić information content (AvgIpc) is 2.45. The fourth-order valence-electron chi connectivity index (χ4n) is 2.48. The Morgan fingerprint density at radius 2 is 2.29 bits per heavy atom. The molecule has 0 radical (unpaired) electrons. The van der Waals surface area contributed by atoms with E-state index in [4.69, 9.17) is 16.9 Å². The van der Waals surface area contributed by atoms with Gasteiger partial charge in [-0.3, -0.25) is 0 Å². The van der Waals surface area contributed by atoms with Gasteiger partial charge in [-0.2, -0.15) is 5.26 Å². The fourth-order valence-corrected chi connectivity index (χ4v) is 3.67. The third-order valence-corrected chi connectivity index (χ3v) is 5.21. The van der Waals surface area contributed by atoms with E-state index in [1.54, 1.807) is 18.2 Å². The van der Waals surface area contributed by atoms with Gasteiger partial charge in [0, 0.05) is 19.6 Å². The Morgan fingerprint density at radius 3 is 2.90 bits per heavy atom. The molecule has 1 fully saturated rings. The zero-order valence-corrected chi connectivity index (χ0v) is 13.4. The van der Waals surface area contributed by atoms with E-state index in [0.717, 1.165) is 18.5 Å². The topological polar surface area (TPSA) is 73.2 Å². The highest BCUT2D eigenvalue weighted by atomic mass is 35.5. The van der Waals surface area contributed by atoms with E-state index >= 15 is 0 Å². The van der Waals surface area contributed by atoms with Gasteiger partial charge in [-0.25, -0.2) is 12.7 Å². The first-order valence-corrected chi connectivity index (χ1v) is 9.01. The summed E-state index contributed by atoms with van der Waals surface area (Å²) in [7, 11) is -3.12. The van der Waals surface area contributed by atoms with Crippen LogP contribution in [0.1, 0.15) is 18.4 Å². The van der Waals surface area contributed by atoms with Gasteiger partial charge in [0.25, 0.3) is 0 Å². The molecule has 114 valence electrons. The summed E-state index contributed by atoms with van der Waals surface area (Å²) >= 11 is 6.11. The molecule has 7 heteroatoms. The molecule has 1 atom stereocenters. The minimum absolute atomic E-state index is 0.264. The van der Waals surface area contributed by atoms with Crippen LogP contribution in [0.25, 0.3) is 0 Å².